The van der Waals surface area contributed by atoms with Crippen molar-refractivity contribution in [1.29, 1.82) is 5.26 Å². The normalized spacial score (nSPS) is 11.4. The summed E-state index contributed by atoms with van der Waals surface area (Å²) in [6.45, 7) is 0. The molecule has 0 radical (unpaired) electrons. The van der Waals surface area contributed by atoms with Crippen LogP contribution in [0.4, 0.5) is 5.69 Å². The number of nitrogens with zero attached hydrogens (tertiary/aromatic N) is 2. The lowest BCUT2D eigenvalue weighted by Gasteiger charge is -2.13. The molecule has 1 amide bonds. The molecule has 3 aromatic rings. The number of anilines is 1. The third-order valence-corrected chi connectivity index (χ3v) is 4.37. The average Bonchev–Trinajstić information content (AvgIpc) is 2.65. The number of carbonyl (C=O) groups is 1. The molecular weight excluding hydrogens is 369 g/mol. The summed E-state index contributed by atoms with van der Waals surface area (Å²) in [6, 6.07) is 19.9. The van der Waals surface area contributed by atoms with Gasteiger partial charge < -0.3 is 5.32 Å². The van der Waals surface area contributed by atoms with Crippen LogP contribution in [-0.4, -0.2) is 10.9 Å². The van der Waals surface area contributed by atoms with Crippen LogP contribution in [0, 0.1) is 11.3 Å². The highest BCUT2D eigenvalue weighted by atomic mass is 35.5. The molecule has 0 fully saturated rings. The van der Waals surface area contributed by atoms with Crippen LogP contribution in [-0.2, 0) is 0 Å². The zero-order valence-corrected chi connectivity index (χ0v) is 15.0. The summed E-state index contributed by atoms with van der Waals surface area (Å²) in [5, 5.41) is 13.0. The fourth-order valence-electron chi connectivity index (χ4n) is 2.52. The van der Waals surface area contributed by atoms with E-state index >= 15 is 0 Å². The van der Waals surface area contributed by atoms with E-state index in [9.17, 15) is 10.1 Å². The van der Waals surface area contributed by atoms with E-state index in [1.54, 1.807) is 30.3 Å². The summed E-state index contributed by atoms with van der Waals surface area (Å²) in [4.78, 5) is 16.1. The minimum absolute atomic E-state index is 0.317. The number of benzene rings is 2. The zero-order valence-electron chi connectivity index (χ0n) is 13.5. The number of nitriles is 1. The number of amides is 1. The highest BCUT2D eigenvalue weighted by molar-refractivity contribution is 6.32. The Morgan fingerprint density at radius 1 is 1.08 bits per heavy atom. The lowest BCUT2D eigenvalue weighted by Crippen LogP contribution is -2.12. The third-order valence-electron chi connectivity index (χ3n) is 3.82. The van der Waals surface area contributed by atoms with Gasteiger partial charge in [0.25, 0.3) is 5.91 Å². The number of rotatable bonds is 4. The predicted molar refractivity (Wildman–Crippen MR) is 103 cm³/mol. The van der Waals surface area contributed by atoms with Crippen molar-refractivity contribution in [3.8, 4) is 6.07 Å². The van der Waals surface area contributed by atoms with Crippen LogP contribution in [0.15, 0.2) is 66.9 Å². The number of aromatic nitrogens is 1. The smallest absolute Gasteiger partial charge is 0.257 e. The molecule has 128 valence electrons. The second-order valence-corrected chi connectivity index (χ2v) is 6.33. The van der Waals surface area contributed by atoms with Crippen molar-refractivity contribution in [2.75, 3.05) is 5.32 Å². The van der Waals surface area contributed by atoms with Crippen molar-refractivity contribution in [2.45, 2.75) is 5.92 Å². The summed E-state index contributed by atoms with van der Waals surface area (Å²) < 4.78 is 0. The molecule has 0 aliphatic rings. The molecule has 1 aromatic heterocycles. The van der Waals surface area contributed by atoms with E-state index < -0.39 is 5.92 Å². The van der Waals surface area contributed by atoms with Gasteiger partial charge in [0.15, 0.2) is 0 Å². The fourth-order valence-corrected chi connectivity index (χ4v) is 2.92. The summed E-state index contributed by atoms with van der Waals surface area (Å²) >= 11 is 12.1. The molecule has 1 heterocycles. The topological polar surface area (TPSA) is 65.8 Å². The summed E-state index contributed by atoms with van der Waals surface area (Å²) in [5.41, 5.74) is 2.46. The van der Waals surface area contributed by atoms with Crippen LogP contribution in [0.25, 0.3) is 0 Å². The molecule has 0 spiro atoms. The monoisotopic (exact) mass is 381 g/mol. The molecule has 1 unspecified atom stereocenters. The van der Waals surface area contributed by atoms with E-state index in [4.69, 9.17) is 23.2 Å². The van der Waals surface area contributed by atoms with Gasteiger partial charge in [0, 0.05) is 16.9 Å². The maximum Gasteiger partial charge on any atom is 0.257 e. The first-order valence-electron chi connectivity index (χ1n) is 7.75. The molecule has 0 aliphatic carbocycles. The Morgan fingerprint density at radius 3 is 2.46 bits per heavy atom. The zero-order chi connectivity index (χ0) is 18.5. The number of nitrogens with one attached hydrogen (secondary N) is 1. The molecule has 4 nitrogen and oxygen atoms in total. The third kappa shape index (κ3) is 4.02. The van der Waals surface area contributed by atoms with E-state index in [2.05, 4.69) is 16.4 Å². The molecule has 0 aliphatic heterocycles. The second kappa shape index (κ2) is 8.01. The fraction of sp³-hybridized carbons (Fsp3) is 0.0500. The van der Waals surface area contributed by atoms with Crippen molar-refractivity contribution < 1.29 is 4.79 Å². The Morgan fingerprint density at radius 2 is 1.85 bits per heavy atom. The standard InChI is InChI=1S/C20H13Cl2N3O/c21-18-10-15(25-20(26)14-6-9-19(22)24-12-14)7-8-16(18)17(11-23)13-4-2-1-3-5-13/h1-10,12,17H,(H,25,26). The Kier molecular flexibility index (Phi) is 5.52. The van der Waals surface area contributed by atoms with Gasteiger partial charge in [0.05, 0.1) is 17.6 Å². The van der Waals surface area contributed by atoms with E-state index in [1.807, 2.05) is 30.3 Å². The molecule has 2 aromatic carbocycles. The van der Waals surface area contributed by atoms with Crippen molar-refractivity contribution >= 4 is 34.8 Å². The molecule has 26 heavy (non-hydrogen) atoms. The molecule has 1 atom stereocenters. The maximum absolute atomic E-state index is 12.2. The van der Waals surface area contributed by atoms with Crippen LogP contribution < -0.4 is 5.32 Å². The first kappa shape index (κ1) is 17.9. The first-order valence-corrected chi connectivity index (χ1v) is 8.51. The van der Waals surface area contributed by atoms with Gasteiger partial charge in [-0.3, -0.25) is 4.79 Å². The summed E-state index contributed by atoms with van der Waals surface area (Å²) in [5.74, 6) is -0.799. The van der Waals surface area contributed by atoms with Gasteiger partial charge in [-0.15, -0.1) is 0 Å². The van der Waals surface area contributed by atoms with Crippen molar-refractivity contribution in [3.63, 3.8) is 0 Å². The highest BCUT2D eigenvalue weighted by Gasteiger charge is 2.17. The van der Waals surface area contributed by atoms with Crippen molar-refractivity contribution in [3.05, 3.63) is 93.7 Å². The van der Waals surface area contributed by atoms with E-state index in [0.717, 1.165) is 5.56 Å². The molecule has 3 rings (SSSR count). The minimum Gasteiger partial charge on any atom is -0.322 e. The lowest BCUT2D eigenvalue weighted by molar-refractivity contribution is 0.102. The van der Waals surface area contributed by atoms with Crippen molar-refractivity contribution in [2.24, 2.45) is 0 Å². The van der Waals surface area contributed by atoms with Gasteiger partial charge in [0.2, 0.25) is 0 Å². The first-order chi connectivity index (χ1) is 12.6. The Bertz CT molecular complexity index is 967. The lowest BCUT2D eigenvalue weighted by atomic mass is 9.92. The number of hydrogen-bond donors (Lipinski definition) is 1. The Labute approximate surface area is 161 Å². The summed E-state index contributed by atoms with van der Waals surface area (Å²) in [7, 11) is 0. The minimum atomic E-state index is -0.478. The van der Waals surface area contributed by atoms with E-state index in [1.165, 1.54) is 6.20 Å². The average molecular weight is 382 g/mol. The van der Waals surface area contributed by atoms with Crippen LogP contribution in [0.1, 0.15) is 27.4 Å². The quantitative estimate of drug-likeness (QED) is 0.623. The van der Waals surface area contributed by atoms with Crippen LogP contribution >= 0.6 is 23.2 Å². The Balaban J connectivity index is 1.82. The SMILES string of the molecule is N#CC(c1ccccc1)c1ccc(NC(=O)c2ccc(Cl)nc2)cc1Cl. The summed E-state index contributed by atoms with van der Waals surface area (Å²) in [6.07, 6.45) is 1.40. The largest absolute Gasteiger partial charge is 0.322 e. The second-order valence-electron chi connectivity index (χ2n) is 5.53. The highest BCUT2D eigenvalue weighted by Crippen LogP contribution is 2.31. The molecule has 0 saturated carbocycles. The number of halogens is 2. The van der Waals surface area contributed by atoms with Gasteiger partial charge >= 0.3 is 0 Å². The van der Waals surface area contributed by atoms with Gasteiger partial charge in [-0.25, -0.2) is 4.98 Å². The molecule has 6 heteroatoms. The van der Waals surface area contributed by atoms with Crippen LogP contribution in [0.5, 0.6) is 0 Å². The van der Waals surface area contributed by atoms with Crippen LogP contribution in [0.3, 0.4) is 0 Å². The number of hydrogen-bond acceptors (Lipinski definition) is 3. The van der Waals surface area contributed by atoms with Gasteiger partial charge in [-0.1, -0.05) is 59.6 Å². The van der Waals surface area contributed by atoms with Gasteiger partial charge in [0.1, 0.15) is 5.15 Å². The predicted octanol–water partition coefficient (Wildman–Crippen LogP) is 5.30. The van der Waals surface area contributed by atoms with Gasteiger partial charge in [-0.05, 0) is 35.4 Å². The van der Waals surface area contributed by atoms with Crippen LogP contribution in [0.2, 0.25) is 10.2 Å². The van der Waals surface area contributed by atoms with E-state index in [0.29, 0.717) is 27.0 Å². The number of pyridine rings is 1. The maximum atomic E-state index is 12.2. The molecule has 0 bridgehead atoms. The number of carbonyl (C=O) groups excluding carboxylic acids is 1. The molecular formula is C20H13Cl2N3O. The van der Waals surface area contributed by atoms with E-state index in [-0.39, 0.29) is 5.91 Å². The molecule has 1 N–H and O–H groups in total. The molecule has 0 saturated heterocycles. The van der Waals surface area contributed by atoms with Crippen molar-refractivity contribution in [1.82, 2.24) is 4.98 Å². The Hall–Kier alpha value is -2.87. The van der Waals surface area contributed by atoms with Gasteiger partial charge in [-0.2, -0.15) is 5.26 Å².